The summed E-state index contributed by atoms with van der Waals surface area (Å²) in [7, 11) is 0. The number of imidazole rings is 1. The lowest BCUT2D eigenvalue weighted by Gasteiger charge is -2.13. The van der Waals surface area contributed by atoms with E-state index >= 15 is 0 Å². The normalized spacial score (nSPS) is 10.9. The predicted molar refractivity (Wildman–Crippen MR) is 86.8 cm³/mol. The van der Waals surface area contributed by atoms with E-state index in [1.165, 1.54) is 0 Å². The first-order chi connectivity index (χ1) is 11.2. The average molecular weight is 311 g/mol. The standard InChI is InChI=1S/C17H17N3O3/c1-3-20-10-18-14-15(23-4-2)12(17(21)22)13(19-16(14)20)11-8-6-5-7-9-11/h5-10H,3-4H2,1-2H3,(H,21,22). The minimum Gasteiger partial charge on any atom is -0.490 e. The van der Waals surface area contributed by atoms with Gasteiger partial charge in [-0.1, -0.05) is 30.3 Å². The zero-order chi connectivity index (χ0) is 16.4. The van der Waals surface area contributed by atoms with Crippen LogP contribution in [0.25, 0.3) is 22.4 Å². The minimum atomic E-state index is -1.08. The molecule has 23 heavy (non-hydrogen) atoms. The third-order valence-electron chi connectivity index (χ3n) is 3.60. The number of aryl methyl sites for hydroxylation is 1. The van der Waals surface area contributed by atoms with Crippen LogP contribution in [0.4, 0.5) is 0 Å². The molecule has 0 aliphatic heterocycles. The first-order valence-corrected chi connectivity index (χ1v) is 7.47. The van der Waals surface area contributed by atoms with Crippen molar-refractivity contribution >= 4 is 17.1 Å². The number of hydrogen-bond donors (Lipinski definition) is 1. The molecule has 0 bridgehead atoms. The Hall–Kier alpha value is -2.89. The van der Waals surface area contributed by atoms with Crippen LogP contribution in [-0.4, -0.2) is 32.2 Å². The number of ether oxygens (including phenoxy) is 1. The summed E-state index contributed by atoms with van der Waals surface area (Å²) >= 11 is 0. The van der Waals surface area contributed by atoms with Crippen molar-refractivity contribution in [2.75, 3.05) is 6.61 Å². The summed E-state index contributed by atoms with van der Waals surface area (Å²) in [6.07, 6.45) is 1.65. The molecule has 0 aliphatic carbocycles. The number of aromatic carboxylic acids is 1. The Morgan fingerprint density at radius 1 is 1.26 bits per heavy atom. The van der Waals surface area contributed by atoms with Gasteiger partial charge in [0.1, 0.15) is 5.56 Å². The molecule has 0 saturated carbocycles. The van der Waals surface area contributed by atoms with Gasteiger partial charge in [0.25, 0.3) is 0 Å². The van der Waals surface area contributed by atoms with Gasteiger partial charge in [-0.05, 0) is 13.8 Å². The number of rotatable bonds is 5. The molecule has 3 rings (SSSR count). The first kappa shape index (κ1) is 15.0. The lowest BCUT2D eigenvalue weighted by atomic mass is 10.0. The van der Waals surface area contributed by atoms with Gasteiger partial charge in [-0.15, -0.1) is 0 Å². The van der Waals surface area contributed by atoms with Gasteiger partial charge >= 0.3 is 5.97 Å². The van der Waals surface area contributed by atoms with E-state index in [-0.39, 0.29) is 11.3 Å². The lowest BCUT2D eigenvalue weighted by Crippen LogP contribution is -2.08. The average Bonchev–Trinajstić information content (AvgIpc) is 2.98. The van der Waals surface area contributed by atoms with Crippen molar-refractivity contribution in [2.24, 2.45) is 0 Å². The second-order valence-electron chi connectivity index (χ2n) is 4.97. The molecule has 0 atom stereocenters. The molecule has 2 aromatic heterocycles. The van der Waals surface area contributed by atoms with Gasteiger partial charge in [0, 0.05) is 12.1 Å². The molecule has 0 unspecified atom stereocenters. The molecular formula is C17H17N3O3. The van der Waals surface area contributed by atoms with Gasteiger partial charge in [-0.3, -0.25) is 0 Å². The molecule has 6 heteroatoms. The maximum Gasteiger partial charge on any atom is 0.341 e. The molecule has 3 aromatic rings. The third-order valence-corrected chi connectivity index (χ3v) is 3.60. The summed E-state index contributed by atoms with van der Waals surface area (Å²) in [5.41, 5.74) is 2.28. The predicted octanol–water partition coefficient (Wildman–Crippen LogP) is 3.22. The summed E-state index contributed by atoms with van der Waals surface area (Å²) in [6.45, 7) is 4.84. The Kier molecular flexibility index (Phi) is 3.97. The van der Waals surface area contributed by atoms with E-state index in [4.69, 9.17) is 4.74 Å². The molecule has 0 amide bonds. The summed E-state index contributed by atoms with van der Waals surface area (Å²) in [6, 6.07) is 9.25. The topological polar surface area (TPSA) is 77.2 Å². The molecule has 0 radical (unpaired) electrons. The molecule has 1 aromatic carbocycles. The molecule has 0 aliphatic rings. The smallest absolute Gasteiger partial charge is 0.341 e. The van der Waals surface area contributed by atoms with Crippen molar-refractivity contribution in [3.8, 4) is 17.0 Å². The van der Waals surface area contributed by atoms with Gasteiger partial charge in [0.05, 0.1) is 18.6 Å². The minimum absolute atomic E-state index is 0.0481. The second kappa shape index (κ2) is 6.08. The second-order valence-corrected chi connectivity index (χ2v) is 4.97. The van der Waals surface area contributed by atoms with Crippen LogP contribution in [0.5, 0.6) is 5.75 Å². The molecule has 118 valence electrons. The number of nitrogens with zero attached hydrogens (tertiary/aromatic N) is 3. The Morgan fingerprint density at radius 3 is 2.61 bits per heavy atom. The molecule has 6 nitrogen and oxygen atoms in total. The third kappa shape index (κ3) is 2.52. The number of fused-ring (bicyclic) bond motifs is 1. The van der Waals surface area contributed by atoms with Crippen LogP contribution in [0, 0.1) is 0 Å². The van der Waals surface area contributed by atoms with Crippen LogP contribution >= 0.6 is 0 Å². The summed E-state index contributed by atoms with van der Waals surface area (Å²) < 4.78 is 7.51. The summed E-state index contributed by atoms with van der Waals surface area (Å²) in [4.78, 5) is 20.7. The highest BCUT2D eigenvalue weighted by atomic mass is 16.5. The van der Waals surface area contributed by atoms with E-state index in [2.05, 4.69) is 9.97 Å². The number of aromatic nitrogens is 3. The van der Waals surface area contributed by atoms with Gasteiger partial charge < -0.3 is 14.4 Å². The van der Waals surface area contributed by atoms with Crippen LogP contribution in [0.1, 0.15) is 24.2 Å². The van der Waals surface area contributed by atoms with Gasteiger partial charge in [-0.25, -0.2) is 14.8 Å². The Bertz CT molecular complexity index is 856. The van der Waals surface area contributed by atoms with Crippen LogP contribution < -0.4 is 4.74 Å². The van der Waals surface area contributed by atoms with Crippen molar-refractivity contribution < 1.29 is 14.6 Å². The highest BCUT2D eigenvalue weighted by Gasteiger charge is 2.25. The number of pyridine rings is 1. The van der Waals surface area contributed by atoms with Crippen molar-refractivity contribution in [2.45, 2.75) is 20.4 Å². The fourth-order valence-electron chi connectivity index (χ4n) is 2.56. The van der Waals surface area contributed by atoms with E-state index in [1.807, 2.05) is 48.7 Å². The van der Waals surface area contributed by atoms with Crippen molar-refractivity contribution in [3.05, 3.63) is 42.2 Å². The molecule has 2 heterocycles. The largest absolute Gasteiger partial charge is 0.490 e. The number of carbonyl (C=O) groups is 1. The van der Waals surface area contributed by atoms with E-state index in [0.717, 1.165) is 5.56 Å². The highest BCUT2D eigenvalue weighted by molar-refractivity contribution is 6.03. The number of benzene rings is 1. The Labute approximate surface area is 133 Å². The van der Waals surface area contributed by atoms with Crippen LogP contribution in [0.15, 0.2) is 36.7 Å². The zero-order valence-corrected chi connectivity index (χ0v) is 13.0. The summed E-state index contributed by atoms with van der Waals surface area (Å²) in [5.74, 6) is -0.802. The van der Waals surface area contributed by atoms with Crippen molar-refractivity contribution in [3.63, 3.8) is 0 Å². The SMILES string of the molecule is CCOc1c(C(=O)O)c(-c2ccccc2)nc2c1ncn2CC. The Balaban J connectivity index is 2.41. The van der Waals surface area contributed by atoms with Crippen LogP contribution in [-0.2, 0) is 6.54 Å². The number of carboxylic acid groups (broad SMARTS) is 1. The fourth-order valence-corrected chi connectivity index (χ4v) is 2.56. The monoisotopic (exact) mass is 311 g/mol. The Morgan fingerprint density at radius 2 is 2.00 bits per heavy atom. The van der Waals surface area contributed by atoms with Gasteiger partial charge in [-0.2, -0.15) is 0 Å². The van der Waals surface area contributed by atoms with Crippen molar-refractivity contribution in [1.82, 2.24) is 14.5 Å². The first-order valence-electron chi connectivity index (χ1n) is 7.47. The molecular weight excluding hydrogens is 294 g/mol. The fraction of sp³-hybridized carbons (Fsp3) is 0.235. The summed E-state index contributed by atoms with van der Waals surface area (Å²) in [5, 5.41) is 9.70. The van der Waals surface area contributed by atoms with E-state index in [9.17, 15) is 9.90 Å². The van der Waals surface area contributed by atoms with Crippen LogP contribution in [0.3, 0.4) is 0 Å². The lowest BCUT2D eigenvalue weighted by molar-refractivity contribution is 0.0693. The number of hydrogen-bond acceptors (Lipinski definition) is 4. The molecule has 0 fully saturated rings. The maximum atomic E-state index is 11.9. The quantitative estimate of drug-likeness (QED) is 0.783. The van der Waals surface area contributed by atoms with Crippen LogP contribution in [0.2, 0.25) is 0 Å². The van der Waals surface area contributed by atoms with Gasteiger partial charge in [0.2, 0.25) is 0 Å². The highest BCUT2D eigenvalue weighted by Crippen LogP contribution is 2.35. The van der Waals surface area contributed by atoms with E-state index in [1.54, 1.807) is 6.33 Å². The molecule has 0 spiro atoms. The van der Waals surface area contributed by atoms with Gasteiger partial charge in [0.15, 0.2) is 16.9 Å². The number of carboxylic acids is 1. The maximum absolute atomic E-state index is 11.9. The van der Waals surface area contributed by atoms with Crippen molar-refractivity contribution in [1.29, 1.82) is 0 Å². The molecule has 1 N–H and O–H groups in total. The van der Waals surface area contributed by atoms with E-state index in [0.29, 0.717) is 30.0 Å². The van der Waals surface area contributed by atoms with E-state index < -0.39 is 5.97 Å². The molecule has 0 saturated heterocycles. The zero-order valence-electron chi connectivity index (χ0n) is 13.0.